The van der Waals surface area contributed by atoms with E-state index in [9.17, 15) is 14.0 Å². The van der Waals surface area contributed by atoms with Crippen LogP contribution in [0, 0.1) is 5.82 Å². The summed E-state index contributed by atoms with van der Waals surface area (Å²) in [5, 5.41) is 2.85. The van der Waals surface area contributed by atoms with E-state index in [4.69, 9.17) is 9.47 Å². The fourth-order valence-electron chi connectivity index (χ4n) is 3.57. The van der Waals surface area contributed by atoms with Crippen molar-refractivity contribution in [2.75, 3.05) is 13.7 Å². The lowest BCUT2D eigenvalue weighted by Crippen LogP contribution is -2.31. The molecular weight excluding hydrogens is 373 g/mol. The number of aryl methyl sites for hydroxylation is 2. The van der Waals surface area contributed by atoms with Crippen LogP contribution in [0.4, 0.5) is 4.39 Å². The Morgan fingerprint density at radius 2 is 1.86 bits per heavy atom. The first-order valence-corrected chi connectivity index (χ1v) is 9.85. The fourth-order valence-corrected chi connectivity index (χ4v) is 3.57. The summed E-state index contributed by atoms with van der Waals surface area (Å²) in [5.74, 6) is -1.40. The summed E-state index contributed by atoms with van der Waals surface area (Å²) < 4.78 is 23.6. The molecule has 0 saturated heterocycles. The highest BCUT2D eigenvalue weighted by Crippen LogP contribution is 2.24. The maximum atomic E-state index is 13.7. The van der Waals surface area contributed by atoms with Crippen molar-refractivity contribution >= 4 is 11.9 Å². The number of hydrogen-bond acceptors (Lipinski definition) is 4. The highest BCUT2D eigenvalue weighted by Gasteiger charge is 2.16. The Morgan fingerprint density at radius 3 is 2.59 bits per heavy atom. The third kappa shape index (κ3) is 5.56. The quantitative estimate of drug-likeness (QED) is 0.722. The first-order chi connectivity index (χ1) is 14.0. The molecular formula is C23H26FNO4. The van der Waals surface area contributed by atoms with Crippen molar-refractivity contribution in [3.63, 3.8) is 0 Å². The van der Waals surface area contributed by atoms with Gasteiger partial charge in [0.25, 0.3) is 5.91 Å². The zero-order valence-electron chi connectivity index (χ0n) is 16.8. The van der Waals surface area contributed by atoms with Gasteiger partial charge in [-0.3, -0.25) is 9.59 Å². The molecule has 2 aromatic rings. The maximum absolute atomic E-state index is 13.7. The van der Waals surface area contributed by atoms with Crippen molar-refractivity contribution in [1.29, 1.82) is 0 Å². The number of hydrogen-bond donors (Lipinski definition) is 1. The van der Waals surface area contributed by atoms with E-state index in [0.717, 1.165) is 18.4 Å². The molecule has 0 unspecified atom stereocenters. The van der Waals surface area contributed by atoms with Gasteiger partial charge in [0, 0.05) is 0 Å². The van der Waals surface area contributed by atoms with E-state index in [2.05, 4.69) is 17.4 Å². The van der Waals surface area contributed by atoms with Crippen molar-refractivity contribution < 1.29 is 23.5 Å². The summed E-state index contributed by atoms with van der Waals surface area (Å²) in [7, 11) is 1.37. The molecule has 154 valence electrons. The molecule has 6 heteroatoms. The summed E-state index contributed by atoms with van der Waals surface area (Å²) in [4.78, 5) is 24.1. The number of carbonyl (C=O) groups excluding carboxylic acids is 2. The number of amides is 1. The average molecular weight is 399 g/mol. The second-order valence-corrected chi connectivity index (χ2v) is 7.33. The van der Waals surface area contributed by atoms with Crippen LogP contribution in [0.3, 0.4) is 0 Å². The molecule has 0 radical (unpaired) electrons. The van der Waals surface area contributed by atoms with Gasteiger partial charge in [-0.15, -0.1) is 0 Å². The van der Waals surface area contributed by atoms with Gasteiger partial charge < -0.3 is 14.8 Å². The minimum atomic E-state index is -0.592. The van der Waals surface area contributed by atoms with E-state index in [1.807, 2.05) is 13.0 Å². The Hall–Kier alpha value is -2.89. The predicted octanol–water partition coefficient (Wildman–Crippen LogP) is 3.68. The number of rotatable bonds is 7. The van der Waals surface area contributed by atoms with Crippen molar-refractivity contribution in [3.05, 3.63) is 64.5 Å². The van der Waals surface area contributed by atoms with Crippen LogP contribution in [-0.4, -0.2) is 25.6 Å². The van der Waals surface area contributed by atoms with E-state index in [0.29, 0.717) is 5.56 Å². The van der Waals surface area contributed by atoms with Crippen LogP contribution in [0.5, 0.6) is 5.75 Å². The second kappa shape index (κ2) is 9.54. The first kappa shape index (κ1) is 20.8. The predicted molar refractivity (Wildman–Crippen MR) is 107 cm³/mol. The normalized spacial score (nSPS) is 13.9. The molecule has 0 saturated carbocycles. The van der Waals surface area contributed by atoms with E-state index in [1.54, 1.807) is 6.07 Å². The van der Waals surface area contributed by atoms with E-state index >= 15 is 0 Å². The Balaban J connectivity index is 1.47. The topological polar surface area (TPSA) is 64.6 Å². The second-order valence-electron chi connectivity index (χ2n) is 7.33. The van der Waals surface area contributed by atoms with Crippen molar-refractivity contribution in [2.24, 2.45) is 0 Å². The molecule has 0 heterocycles. The largest absolute Gasteiger partial charge is 0.494 e. The molecule has 1 aliphatic rings. The van der Waals surface area contributed by atoms with Gasteiger partial charge in [-0.05, 0) is 67.0 Å². The molecule has 0 aliphatic heterocycles. The monoisotopic (exact) mass is 399 g/mol. The molecule has 0 spiro atoms. The maximum Gasteiger partial charge on any atom is 0.310 e. The molecule has 0 fully saturated rings. The van der Waals surface area contributed by atoms with Gasteiger partial charge >= 0.3 is 5.97 Å². The molecule has 0 aromatic heterocycles. The minimum Gasteiger partial charge on any atom is -0.494 e. The lowest BCUT2D eigenvalue weighted by molar-refractivity contribution is -0.148. The lowest BCUT2D eigenvalue weighted by Gasteiger charge is -2.20. The van der Waals surface area contributed by atoms with E-state index in [1.165, 1.54) is 43.2 Å². The SMILES string of the molecule is COc1ccc(CC(=O)OCC(=O)N[C@@H](C)c2ccc3c(c2)CCCC3)cc1F. The van der Waals surface area contributed by atoms with Crippen LogP contribution in [-0.2, 0) is 33.6 Å². The summed E-state index contributed by atoms with van der Waals surface area (Å²) >= 11 is 0. The Kier molecular flexibility index (Phi) is 6.86. The van der Waals surface area contributed by atoms with Crippen LogP contribution in [0.2, 0.25) is 0 Å². The Labute approximate surface area is 170 Å². The highest BCUT2D eigenvalue weighted by molar-refractivity contribution is 5.81. The van der Waals surface area contributed by atoms with Gasteiger partial charge in [0.05, 0.1) is 19.6 Å². The zero-order chi connectivity index (χ0) is 20.8. The smallest absolute Gasteiger partial charge is 0.310 e. The number of methoxy groups -OCH3 is 1. The molecule has 3 rings (SSSR count). The van der Waals surface area contributed by atoms with Gasteiger partial charge in [0.2, 0.25) is 0 Å². The van der Waals surface area contributed by atoms with Crippen LogP contribution in [0.15, 0.2) is 36.4 Å². The van der Waals surface area contributed by atoms with Gasteiger partial charge in [-0.25, -0.2) is 4.39 Å². The standard InChI is InChI=1S/C23H26FNO4/c1-15(18-9-8-17-5-3-4-6-19(17)13-18)25-22(26)14-29-23(27)12-16-7-10-21(28-2)20(24)11-16/h7-11,13,15H,3-6,12,14H2,1-2H3,(H,25,26)/t15-/m0/s1. The Bertz CT molecular complexity index is 896. The van der Waals surface area contributed by atoms with Crippen LogP contribution in [0.25, 0.3) is 0 Å². The molecule has 1 atom stereocenters. The number of carbonyl (C=O) groups is 2. The average Bonchev–Trinajstić information content (AvgIpc) is 2.72. The third-order valence-corrected chi connectivity index (χ3v) is 5.18. The van der Waals surface area contributed by atoms with E-state index in [-0.39, 0.29) is 30.7 Å². The molecule has 2 aromatic carbocycles. The number of fused-ring (bicyclic) bond motifs is 1. The Morgan fingerprint density at radius 1 is 1.10 bits per heavy atom. The molecule has 1 N–H and O–H groups in total. The summed E-state index contributed by atoms with van der Waals surface area (Å²) in [6, 6.07) is 10.4. The molecule has 1 aliphatic carbocycles. The third-order valence-electron chi connectivity index (χ3n) is 5.18. The van der Waals surface area contributed by atoms with Crippen LogP contribution < -0.4 is 10.1 Å². The number of nitrogens with one attached hydrogen (secondary N) is 1. The van der Waals surface area contributed by atoms with Gasteiger partial charge in [-0.1, -0.05) is 24.3 Å². The van der Waals surface area contributed by atoms with Crippen LogP contribution in [0.1, 0.15) is 48.1 Å². The first-order valence-electron chi connectivity index (χ1n) is 9.85. The van der Waals surface area contributed by atoms with Gasteiger partial charge in [0.1, 0.15) is 0 Å². The molecule has 1 amide bonds. The number of esters is 1. The highest BCUT2D eigenvalue weighted by atomic mass is 19.1. The van der Waals surface area contributed by atoms with Crippen molar-refractivity contribution in [3.8, 4) is 5.75 Å². The summed E-state index contributed by atoms with van der Waals surface area (Å²) in [6.45, 7) is 1.54. The number of ether oxygens (including phenoxy) is 2. The minimum absolute atomic E-state index is 0.109. The van der Waals surface area contributed by atoms with Crippen molar-refractivity contribution in [1.82, 2.24) is 5.32 Å². The molecule has 5 nitrogen and oxygen atoms in total. The molecule has 29 heavy (non-hydrogen) atoms. The van der Waals surface area contributed by atoms with Gasteiger partial charge in [0.15, 0.2) is 18.2 Å². The van der Waals surface area contributed by atoms with E-state index < -0.39 is 11.8 Å². The summed E-state index contributed by atoms with van der Waals surface area (Å²) in [5.41, 5.74) is 4.24. The fraction of sp³-hybridized carbons (Fsp3) is 0.391. The molecule has 0 bridgehead atoms. The zero-order valence-corrected chi connectivity index (χ0v) is 16.8. The lowest BCUT2D eigenvalue weighted by atomic mass is 9.89. The number of benzene rings is 2. The van der Waals surface area contributed by atoms with Crippen LogP contribution >= 0.6 is 0 Å². The van der Waals surface area contributed by atoms with Crippen molar-refractivity contribution in [2.45, 2.75) is 45.1 Å². The number of halogens is 1. The summed E-state index contributed by atoms with van der Waals surface area (Å²) in [6.07, 6.45) is 4.50. The van der Waals surface area contributed by atoms with Gasteiger partial charge in [-0.2, -0.15) is 0 Å².